The summed E-state index contributed by atoms with van der Waals surface area (Å²) in [5, 5.41) is 34.0. The second-order valence-electron chi connectivity index (χ2n) is 2.13. The average Bonchev–Trinajstić information content (AvgIpc) is 2.28. The minimum atomic E-state index is -1.11. The zero-order chi connectivity index (χ0) is 11.3. The lowest BCUT2D eigenvalue weighted by Gasteiger charge is -2.23. The molecule has 0 aromatic carbocycles. The first-order chi connectivity index (χ1) is 6.24. The molecular formula is C9H20O4. The van der Waals surface area contributed by atoms with Crippen molar-refractivity contribution in [3.63, 3.8) is 0 Å². The van der Waals surface area contributed by atoms with Crippen LogP contribution in [0.3, 0.4) is 0 Å². The van der Waals surface area contributed by atoms with Gasteiger partial charge in [0.25, 0.3) is 0 Å². The van der Waals surface area contributed by atoms with E-state index in [9.17, 15) is 0 Å². The normalized spacial score (nSPS) is 8.92. The lowest BCUT2D eigenvalue weighted by Crippen LogP contribution is -2.37. The Kier molecular flexibility index (Phi) is 19.4. The summed E-state index contributed by atoms with van der Waals surface area (Å²) in [5.74, 6) is 0. The molecule has 0 radical (unpaired) electrons. The molecule has 0 unspecified atom stereocenters. The second-order valence-corrected chi connectivity index (χ2v) is 2.13. The number of rotatable bonds is 4. The maximum atomic E-state index is 8.50. The largest absolute Gasteiger partial charge is 0.396 e. The van der Waals surface area contributed by atoms with Gasteiger partial charge in [-0.1, -0.05) is 0 Å². The van der Waals surface area contributed by atoms with Crippen molar-refractivity contribution >= 4 is 0 Å². The van der Waals surface area contributed by atoms with Crippen LogP contribution in [0.1, 0.15) is 0 Å². The van der Waals surface area contributed by atoms with Crippen molar-refractivity contribution in [2.45, 2.75) is 0 Å². The lowest BCUT2D eigenvalue weighted by atomic mass is 9.93. The maximum absolute atomic E-state index is 8.50. The second kappa shape index (κ2) is 13.9. The monoisotopic (exact) mass is 192 g/mol. The zero-order valence-corrected chi connectivity index (χ0v) is 7.95. The van der Waals surface area contributed by atoms with E-state index in [0.29, 0.717) is 0 Å². The van der Waals surface area contributed by atoms with E-state index in [1.807, 2.05) is 0 Å². The van der Waals surface area contributed by atoms with Gasteiger partial charge in [-0.15, -0.1) is 26.3 Å². The van der Waals surface area contributed by atoms with Crippen LogP contribution in [-0.2, 0) is 0 Å². The van der Waals surface area contributed by atoms with Crippen LogP contribution >= 0.6 is 0 Å². The van der Waals surface area contributed by atoms with Gasteiger partial charge in [0.1, 0.15) is 0 Å². The van der Waals surface area contributed by atoms with E-state index >= 15 is 0 Å². The molecule has 0 amide bonds. The van der Waals surface area contributed by atoms with E-state index in [4.69, 9.17) is 20.4 Å². The van der Waals surface area contributed by atoms with Crippen LogP contribution in [0.25, 0.3) is 0 Å². The number of hydrogen-bond acceptors (Lipinski definition) is 4. The van der Waals surface area contributed by atoms with Crippen molar-refractivity contribution in [2.24, 2.45) is 5.41 Å². The van der Waals surface area contributed by atoms with E-state index in [1.165, 1.54) is 0 Å². The summed E-state index contributed by atoms with van der Waals surface area (Å²) >= 11 is 0. The molecule has 0 fully saturated rings. The molecule has 0 saturated heterocycles. The third-order valence-electron chi connectivity index (χ3n) is 1.34. The topological polar surface area (TPSA) is 80.9 Å². The molecule has 0 aliphatic carbocycles. The highest BCUT2D eigenvalue weighted by Crippen LogP contribution is 2.11. The van der Waals surface area contributed by atoms with Crippen LogP contribution in [-0.4, -0.2) is 46.9 Å². The fourth-order valence-electron chi connectivity index (χ4n) is 0.300. The van der Waals surface area contributed by atoms with Crippen LogP contribution in [0.5, 0.6) is 0 Å². The SMILES string of the molecule is C=C.C=C.OCC(CO)(CO)CO. The predicted molar refractivity (Wildman–Crippen MR) is 53.3 cm³/mol. The van der Waals surface area contributed by atoms with Gasteiger partial charge in [-0.2, -0.15) is 0 Å². The van der Waals surface area contributed by atoms with Crippen molar-refractivity contribution in [2.75, 3.05) is 26.4 Å². The van der Waals surface area contributed by atoms with Crippen LogP contribution in [0.4, 0.5) is 0 Å². The zero-order valence-electron chi connectivity index (χ0n) is 7.95. The lowest BCUT2D eigenvalue weighted by molar-refractivity contribution is -0.0328. The molecule has 0 bridgehead atoms. The summed E-state index contributed by atoms with van der Waals surface area (Å²) in [4.78, 5) is 0. The number of hydrogen-bond donors (Lipinski definition) is 4. The molecule has 0 aromatic heterocycles. The van der Waals surface area contributed by atoms with Crippen LogP contribution < -0.4 is 0 Å². The van der Waals surface area contributed by atoms with Crippen molar-refractivity contribution in [3.8, 4) is 0 Å². The Labute approximate surface area is 79.5 Å². The maximum Gasteiger partial charge on any atom is 0.0627 e. The van der Waals surface area contributed by atoms with Gasteiger partial charge in [-0.25, -0.2) is 0 Å². The van der Waals surface area contributed by atoms with Crippen LogP contribution in [0.2, 0.25) is 0 Å². The molecule has 0 rings (SSSR count). The third-order valence-corrected chi connectivity index (χ3v) is 1.34. The van der Waals surface area contributed by atoms with E-state index in [0.717, 1.165) is 0 Å². The molecule has 0 saturated carbocycles. The van der Waals surface area contributed by atoms with Crippen LogP contribution in [0, 0.1) is 5.41 Å². The van der Waals surface area contributed by atoms with Gasteiger partial charge in [0, 0.05) is 0 Å². The Balaban J connectivity index is -0.000000218. The summed E-state index contributed by atoms with van der Waals surface area (Å²) in [7, 11) is 0. The van der Waals surface area contributed by atoms with E-state index in [2.05, 4.69) is 26.3 Å². The standard InChI is InChI=1S/C5H12O4.2C2H4/c6-1-5(2-7,3-8)4-9;2*1-2/h6-9H,1-4H2;2*1-2H2. The quantitative estimate of drug-likeness (QED) is 0.455. The number of aliphatic hydroxyl groups is 4. The molecule has 4 nitrogen and oxygen atoms in total. The molecule has 0 spiro atoms. The summed E-state index contributed by atoms with van der Waals surface area (Å²) < 4.78 is 0. The molecule has 80 valence electrons. The molecule has 13 heavy (non-hydrogen) atoms. The van der Waals surface area contributed by atoms with Gasteiger partial charge in [0.15, 0.2) is 0 Å². The van der Waals surface area contributed by atoms with Crippen molar-refractivity contribution in [1.29, 1.82) is 0 Å². The molecule has 4 heteroatoms. The van der Waals surface area contributed by atoms with E-state index < -0.39 is 31.8 Å². The molecule has 0 aliphatic heterocycles. The molecule has 0 atom stereocenters. The predicted octanol–water partition coefficient (Wildman–Crippen LogP) is -0.454. The van der Waals surface area contributed by atoms with Gasteiger partial charge < -0.3 is 20.4 Å². The highest BCUT2D eigenvalue weighted by molar-refractivity contribution is 4.74. The molecular weight excluding hydrogens is 172 g/mol. The third kappa shape index (κ3) is 7.67. The summed E-state index contributed by atoms with van der Waals surface area (Å²) in [6.45, 7) is 10.4. The Hall–Kier alpha value is -0.680. The van der Waals surface area contributed by atoms with Gasteiger partial charge in [-0.3, -0.25) is 0 Å². The fraction of sp³-hybridized carbons (Fsp3) is 0.556. The van der Waals surface area contributed by atoms with Crippen LogP contribution in [0.15, 0.2) is 26.3 Å². The number of aliphatic hydroxyl groups excluding tert-OH is 4. The van der Waals surface area contributed by atoms with Gasteiger partial charge in [-0.05, 0) is 0 Å². The first kappa shape index (κ1) is 18.2. The van der Waals surface area contributed by atoms with Gasteiger partial charge >= 0.3 is 0 Å². The minimum Gasteiger partial charge on any atom is -0.396 e. The summed E-state index contributed by atoms with van der Waals surface area (Å²) in [5.41, 5.74) is -1.11. The molecule has 0 aliphatic rings. The summed E-state index contributed by atoms with van der Waals surface area (Å²) in [6.07, 6.45) is 0. The Morgan fingerprint density at radius 3 is 0.769 bits per heavy atom. The molecule has 4 N–H and O–H groups in total. The highest BCUT2D eigenvalue weighted by atomic mass is 16.3. The minimum absolute atomic E-state index is 0.406. The first-order valence-electron chi connectivity index (χ1n) is 3.68. The molecule has 0 aromatic rings. The fourth-order valence-corrected chi connectivity index (χ4v) is 0.300. The Morgan fingerprint density at radius 1 is 0.615 bits per heavy atom. The van der Waals surface area contributed by atoms with Crippen molar-refractivity contribution < 1.29 is 20.4 Å². The van der Waals surface area contributed by atoms with Crippen molar-refractivity contribution in [1.82, 2.24) is 0 Å². The average molecular weight is 192 g/mol. The van der Waals surface area contributed by atoms with Gasteiger partial charge in [0.05, 0.1) is 31.8 Å². The highest BCUT2D eigenvalue weighted by Gasteiger charge is 2.26. The van der Waals surface area contributed by atoms with Crippen molar-refractivity contribution in [3.05, 3.63) is 26.3 Å². The van der Waals surface area contributed by atoms with E-state index in [1.54, 1.807) is 0 Å². The first-order valence-corrected chi connectivity index (χ1v) is 3.68. The smallest absolute Gasteiger partial charge is 0.0627 e. The molecule has 0 heterocycles. The Morgan fingerprint density at radius 2 is 0.769 bits per heavy atom. The van der Waals surface area contributed by atoms with E-state index in [-0.39, 0.29) is 0 Å². The Bertz CT molecular complexity index is 72.1. The van der Waals surface area contributed by atoms with Gasteiger partial charge in [0.2, 0.25) is 0 Å². The summed E-state index contributed by atoms with van der Waals surface area (Å²) in [6, 6.07) is 0.